The molecule has 0 bridgehead atoms. The molecule has 0 saturated carbocycles. The molecular weight excluding hydrogens is 278 g/mol. The van der Waals surface area contributed by atoms with E-state index in [0.29, 0.717) is 18.6 Å². The van der Waals surface area contributed by atoms with E-state index >= 15 is 0 Å². The second-order valence-electron chi connectivity index (χ2n) is 5.45. The van der Waals surface area contributed by atoms with Gasteiger partial charge in [-0.15, -0.1) is 0 Å². The first-order chi connectivity index (χ1) is 10.8. The lowest BCUT2D eigenvalue weighted by Crippen LogP contribution is -2.31. The van der Waals surface area contributed by atoms with Crippen molar-refractivity contribution in [3.63, 3.8) is 0 Å². The summed E-state index contributed by atoms with van der Waals surface area (Å²) in [6.45, 7) is 3.86. The molecule has 0 aliphatic carbocycles. The van der Waals surface area contributed by atoms with Gasteiger partial charge in [-0.3, -0.25) is 4.68 Å². The second kappa shape index (κ2) is 5.02. The van der Waals surface area contributed by atoms with Crippen molar-refractivity contribution in [3.8, 4) is 0 Å². The minimum absolute atomic E-state index is 0.221. The highest BCUT2D eigenvalue weighted by Gasteiger charge is 2.27. The molecule has 22 heavy (non-hydrogen) atoms. The summed E-state index contributed by atoms with van der Waals surface area (Å²) in [7, 11) is 0. The fourth-order valence-corrected chi connectivity index (χ4v) is 3.13. The Morgan fingerprint density at radius 2 is 2.18 bits per heavy atom. The van der Waals surface area contributed by atoms with Crippen molar-refractivity contribution in [2.45, 2.75) is 19.9 Å². The van der Waals surface area contributed by atoms with E-state index in [-0.39, 0.29) is 5.97 Å². The number of benzene rings is 1. The van der Waals surface area contributed by atoms with Crippen molar-refractivity contribution in [1.82, 2.24) is 14.7 Å². The molecule has 5 nitrogen and oxygen atoms in total. The molecular formula is C17H17N3O2. The fourth-order valence-electron chi connectivity index (χ4n) is 3.13. The number of ether oxygens (including phenoxy) is 1. The van der Waals surface area contributed by atoms with E-state index in [1.807, 2.05) is 31.3 Å². The Balaban J connectivity index is 1.74. The third-order valence-electron chi connectivity index (χ3n) is 4.12. The van der Waals surface area contributed by atoms with Crippen LogP contribution in [-0.2, 0) is 16.1 Å². The first-order valence-corrected chi connectivity index (χ1v) is 7.58. The number of carbonyl (C=O) groups is 1. The molecule has 2 aliphatic heterocycles. The van der Waals surface area contributed by atoms with Gasteiger partial charge in [0.05, 0.1) is 35.6 Å². The van der Waals surface area contributed by atoms with E-state index in [1.54, 1.807) is 0 Å². The van der Waals surface area contributed by atoms with Crippen molar-refractivity contribution >= 4 is 22.6 Å². The number of hydrogen-bond donors (Lipinski definition) is 0. The lowest BCUT2D eigenvalue weighted by Gasteiger charge is -2.32. The topological polar surface area (TPSA) is 47.4 Å². The summed E-state index contributed by atoms with van der Waals surface area (Å²) in [4.78, 5) is 14.1. The van der Waals surface area contributed by atoms with E-state index < -0.39 is 0 Å². The van der Waals surface area contributed by atoms with E-state index in [2.05, 4.69) is 26.8 Å². The minimum Gasteiger partial charge on any atom is -0.463 e. The van der Waals surface area contributed by atoms with Crippen LogP contribution in [0.5, 0.6) is 0 Å². The van der Waals surface area contributed by atoms with Crippen molar-refractivity contribution in [2.75, 3.05) is 13.2 Å². The molecule has 4 rings (SSSR count). The highest BCUT2D eigenvalue weighted by molar-refractivity contribution is 5.94. The van der Waals surface area contributed by atoms with E-state index in [9.17, 15) is 4.79 Å². The highest BCUT2D eigenvalue weighted by atomic mass is 16.5. The summed E-state index contributed by atoms with van der Waals surface area (Å²) in [5.41, 5.74) is 4.00. The standard InChI is InChI=1S/C17H17N3O2/c1-2-22-17(21)12-7-8-15-16-13-5-3-4-6-14(13)18-20(16)10-9-19(15)11-12/h3-6,8,11H,2,7,9-10H2,1H3. The SMILES string of the molecule is CCOC(=O)C1=CN2CCn3nc4ccccc4c3C2=CC1. The Hall–Kier alpha value is -2.56. The number of aromatic nitrogens is 2. The van der Waals surface area contributed by atoms with Gasteiger partial charge in [-0.2, -0.15) is 5.10 Å². The molecule has 0 saturated heterocycles. The van der Waals surface area contributed by atoms with Gasteiger partial charge in [-0.25, -0.2) is 4.79 Å². The summed E-state index contributed by atoms with van der Waals surface area (Å²) in [6.07, 6.45) is 4.63. The molecule has 0 unspecified atom stereocenters. The molecule has 2 aromatic rings. The number of rotatable bonds is 2. The lowest BCUT2D eigenvalue weighted by molar-refractivity contribution is -0.138. The number of fused-ring (bicyclic) bond motifs is 5. The minimum atomic E-state index is -0.221. The smallest absolute Gasteiger partial charge is 0.335 e. The summed E-state index contributed by atoms with van der Waals surface area (Å²) in [5, 5.41) is 5.82. The van der Waals surface area contributed by atoms with Gasteiger partial charge >= 0.3 is 5.97 Å². The summed E-state index contributed by atoms with van der Waals surface area (Å²) >= 11 is 0. The molecule has 0 amide bonds. The van der Waals surface area contributed by atoms with Crippen LogP contribution in [0.2, 0.25) is 0 Å². The van der Waals surface area contributed by atoms with E-state index in [1.165, 1.54) is 0 Å². The van der Waals surface area contributed by atoms with Gasteiger partial charge in [0.15, 0.2) is 0 Å². The number of hydrogen-bond acceptors (Lipinski definition) is 4. The predicted molar refractivity (Wildman–Crippen MR) is 83.7 cm³/mol. The maximum Gasteiger partial charge on any atom is 0.335 e. The highest BCUT2D eigenvalue weighted by Crippen LogP contribution is 2.34. The van der Waals surface area contributed by atoms with Crippen LogP contribution in [0.3, 0.4) is 0 Å². The number of allylic oxidation sites excluding steroid dienone is 1. The van der Waals surface area contributed by atoms with Crippen LogP contribution in [0.25, 0.3) is 16.6 Å². The van der Waals surface area contributed by atoms with Crippen LogP contribution in [0.15, 0.2) is 42.1 Å². The largest absolute Gasteiger partial charge is 0.463 e. The van der Waals surface area contributed by atoms with Crippen LogP contribution in [0.1, 0.15) is 19.0 Å². The van der Waals surface area contributed by atoms with Gasteiger partial charge in [0.25, 0.3) is 0 Å². The Morgan fingerprint density at radius 3 is 3.05 bits per heavy atom. The molecule has 112 valence electrons. The zero-order chi connectivity index (χ0) is 15.1. The van der Waals surface area contributed by atoms with Gasteiger partial charge < -0.3 is 9.64 Å². The summed E-state index contributed by atoms with van der Waals surface area (Å²) < 4.78 is 7.17. The van der Waals surface area contributed by atoms with Crippen LogP contribution < -0.4 is 0 Å². The molecule has 3 heterocycles. The molecule has 0 radical (unpaired) electrons. The maximum atomic E-state index is 11.9. The first kappa shape index (κ1) is 13.1. The average molecular weight is 295 g/mol. The molecule has 1 aromatic heterocycles. The normalized spacial score (nSPS) is 16.7. The van der Waals surface area contributed by atoms with E-state index in [4.69, 9.17) is 4.74 Å². The second-order valence-corrected chi connectivity index (χ2v) is 5.45. The van der Waals surface area contributed by atoms with Crippen LogP contribution >= 0.6 is 0 Å². The Kier molecular flexibility index (Phi) is 2.99. The molecule has 5 heteroatoms. The fraction of sp³-hybridized carbons (Fsp3) is 0.294. The first-order valence-electron chi connectivity index (χ1n) is 7.58. The van der Waals surface area contributed by atoms with Gasteiger partial charge in [0.1, 0.15) is 0 Å². The van der Waals surface area contributed by atoms with Crippen LogP contribution in [0.4, 0.5) is 0 Å². The lowest BCUT2D eigenvalue weighted by atomic mass is 10.0. The Labute approximate surface area is 128 Å². The average Bonchev–Trinajstić information content (AvgIpc) is 2.93. The van der Waals surface area contributed by atoms with Gasteiger partial charge in [0.2, 0.25) is 0 Å². The third-order valence-corrected chi connectivity index (χ3v) is 4.12. The summed E-state index contributed by atoms with van der Waals surface area (Å²) in [5.74, 6) is -0.221. The quantitative estimate of drug-likeness (QED) is 0.799. The van der Waals surface area contributed by atoms with Crippen molar-refractivity contribution in [2.24, 2.45) is 0 Å². The van der Waals surface area contributed by atoms with Crippen molar-refractivity contribution < 1.29 is 9.53 Å². The van der Waals surface area contributed by atoms with Crippen molar-refractivity contribution in [1.29, 1.82) is 0 Å². The van der Waals surface area contributed by atoms with Crippen LogP contribution in [0, 0.1) is 0 Å². The molecule has 1 aromatic carbocycles. The zero-order valence-corrected chi connectivity index (χ0v) is 12.5. The maximum absolute atomic E-state index is 11.9. The van der Waals surface area contributed by atoms with Crippen LogP contribution in [-0.4, -0.2) is 33.8 Å². The van der Waals surface area contributed by atoms with Gasteiger partial charge in [-0.1, -0.05) is 24.3 Å². The molecule has 0 fully saturated rings. The third kappa shape index (κ3) is 1.93. The Morgan fingerprint density at radius 1 is 1.32 bits per heavy atom. The van der Waals surface area contributed by atoms with Gasteiger partial charge in [0, 0.05) is 24.6 Å². The van der Waals surface area contributed by atoms with Crippen molar-refractivity contribution in [3.05, 3.63) is 47.8 Å². The zero-order valence-electron chi connectivity index (χ0n) is 12.5. The van der Waals surface area contributed by atoms with E-state index in [0.717, 1.165) is 35.4 Å². The molecule has 0 atom stereocenters. The predicted octanol–water partition coefficient (Wildman–Crippen LogP) is 2.54. The monoisotopic (exact) mass is 295 g/mol. The molecule has 0 spiro atoms. The number of nitrogens with zero attached hydrogens (tertiary/aromatic N) is 3. The number of esters is 1. The number of carbonyl (C=O) groups excluding carboxylic acids is 1. The Bertz CT molecular complexity index is 816. The molecule has 0 N–H and O–H groups in total. The summed E-state index contributed by atoms with van der Waals surface area (Å²) in [6, 6.07) is 8.18. The van der Waals surface area contributed by atoms with Gasteiger partial charge in [-0.05, 0) is 13.0 Å². The molecule has 2 aliphatic rings.